The van der Waals surface area contributed by atoms with E-state index in [9.17, 15) is 9.59 Å². The van der Waals surface area contributed by atoms with Gasteiger partial charge in [-0.15, -0.1) is 20.4 Å². The molecule has 5 rings (SSSR count). The molecule has 0 atom stereocenters. The molecule has 0 bridgehead atoms. The van der Waals surface area contributed by atoms with Crippen LogP contribution in [0.1, 0.15) is 54.2 Å². The number of para-hydroxylation sites is 2. The average Bonchev–Trinajstić information content (AvgIpc) is 3.67. The molecule has 10 nitrogen and oxygen atoms in total. The lowest BCUT2D eigenvalue weighted by molar-refractivity contribution is -0.116. The molecule has 4 aromatic rings. The van der Waals surface area contributed by atoms with Gasteiger partial charge in [0.2, 0.25) is 22.1 Å². The summed E-state index contributed by atoms with van der Waals surface area (Å²) in [6.07, 6.45) is 6.73. The quantitative estimate of drug-likeness (QED) is 0.265. The van der Waals surface area contributed by atoms with Crippen LogP contribution in [0.15, 0.2) is 54.0 Å². The topological polar surface area (TPSA) is 128 Å². The lowest BCUT2D eigenvalue weighted by atomic mass is 9.90. The monoisotopic (exact) mass is 580 g/mol. The number of anilines is 2. The van der Waals surface area contributed by atoms with Gasteiger partial charge in [0.05, 0.1) is 27.1 Å². The predicted molar refractivity (Wildman–Crippen MR) is 156 cm³/mol. The molecule has 2 heterocycles. The SMILES string of the molecule is COc1ccccc1CC(=O)Nc1nnc(C2CCCCC2)s1.COc1ccccc1CC(=O)Nc1nncs1. The molecule has 2 aromatic heterocycles. The van der Waals surface area contributed by atoms with Crippen LogP contribution in [0, 0.1) is 0 Å². The molecule has 0 radical (unpaired) electrons. The van der Waals surface area contributed by atoms with Gasteiger partial charge in [-0.05, 0) is 25.0 Å². The van der Waals surface area contributed by atoms with E-state index in [0.29, 0.717) is 21.9 Å². The maximum atomic E-state index is 12.2. The number of nitrogens with zero attached hydrogens (tertiary/aromatic N) is 4. The van der Waals surface area contributed by atoms with Gasteiger partial charge in [0, 0.05) is 17.0 Å². The van der Waals surface area contributed by atoms with Crippen molar-refractivity contribution in [1.29, 1.82) is 0 Å². The van der Waals surface area contributed by atoms with Crippen molar-refractivity contribution >= 4 is 44.8 Å². The fourth-order valence-electron chi connectivity index (χ4n) is 4.40. The van der Waals surface area contributed by atoms with Crippen molar-refractivity contribution in [1.82, 2.24) is 20.4 Å². The highest BCUT2D eigenvalue weighted by molar-refractivity contribution is 7.15. The van der Waals surface area contributed by atoms with Crippen molar-refractivity contribution < 1.29 is 19.1 Å². The minimum absolute atomic E-state index is 0.0964. The number of methoxy groups -OCH3 is 2. The molecule has 1 aliphatic rings. The first-order valence-electron chi connectivity index (χ1n) is 13.0. The minimum Gasteiger partial charge on any atom is -0.496 e. The van der Waals surface area contributed by atoms with Crippen molar-refractivity contribution in [2.24, 2.45) is 0 Å². The van der Waals surface area contributed by atoms with Crippen molar-refractivity contribution in [3.05, 3.63) is 70.2 Å². The largest absolute Gasteiger partial charge is 0.496 e. The molecular weight excluding hydrogens is 548 g/mol. The zero-order valence-corrected chi connectivity index (χ0v) is 24.1. The van der Waals surface area contributed by atoms with Gasteiger partial charge in [0.15, 0.2) is 0 Å². The number of ether oxygens (including phenoxy) is 2. The Balaban J connectivity index is 0.000000194. The molecular formula is C28H32N6O4S2. The van der Waals surface area contributed by atoms with E-state index in [0.717, 1.165) is 21.9 Å². The van der Waals surface area contributed by atoms with E-state index in [2.05, 4.69) is 31.0 Å². The summed E-state index contributed by atoms with van der Waals surface area (Å²) in [6.45, 7) is 0. The maximum absolute atomic E-state index is 12.2. The summed E-state index contributed by atoms with van der Waals surface area (Å²) < 4.78 is 10.5. The highest BCUT2D eigenvalue weighted by atomic mass is 32.1. The number of aromatic nitrogens is 4. The van der Waals surface area contributed by atoms with Crippen LogP contribution in [0.5, 0.6) is 11.5 Å². The third-order valence-corrected chi connectivity index (χ3v) is 7.94. The Morgan fingerprint density at radius 1 is 0.800 bits per heavy atom. The second kappa shape index (κ2) is 15.0. The van der Waals surface area contributed by atoms with Crippen LogP contribution in [-0.2, 0) is 22.4 Å². The number of hydrogen-bond donors (Lipinski definition) is 2. The van der Waals surface area contributed by atoms with Crippen molar-refractivity contribution in [3.63, 3.8) is 0 Å². The Kier molecular flexibility index (Phi) is 10.9. The number of amides is 2. The van der Waals surface area contributed by atoms with E-state index in [1.807, 2.05) is 48.5 Å². The predicted octanol–water partition coefficient (Wildman–Crippen LogP) is 5.50. The first kappa shape index (κ1) is 29.1. The minimum atomic E-state index is -0.133. The number of hydrogen-bond acceptors (Lipinski definition) is 10. The molecule has 0 aliphatic heterocycles. The zero-order chi connectivity index (χ0) is 28.2. The molecule has 2 aromatic carbocycles. The van der Waals surface area contributed by atoms with Gasteiger partial charge in [0.1, 0.15) is 22.0 Å². The number of rotatable bonds is 9. The van der Waals surface area contributed by atoms with Crippen LogP contribution in [0.2, 0.25) is 0 Å². The molecule has 0 spiro atoms. The zero-order valence-electron chi connectivity index (χ0n) is 22.5. The molecule has 2 N–H and O–H groups in total. The summed E-state index contributed by atoms with van der Waals surface area (Å²) in [5.74, 6) is 1.72. The average molecular weight is 581 g/mol. The second-order valence-corrected chi connectivity index (χ2v) is 10.9. The summed E-state index contributed by atoms with van der Waals surface area (Å²) in [5, 5.41) is 23.4. The van der Waals surface area contributed by atoms with Gasteiger partial charge in [-0.25, -0.2) is 0 Å². The van der Waals surface area contributed by atoms with Crippen LogP contribution < -0.4 is 20.1 Å². The molecule has 40 heavy (non-hydrogen) atoms. The summed E-state index contributed by atoms with van der Waals surface area (Å²) in [7, 11) is 3.19. The maximum Gasteiger partial charge on any atom is 0.230 e. The van der Waals surface area contributed by atoms with E-state index in [-0.39, 0.29) is 24.7 Å². The highest BCUT2D eigenvalue weighted by Gasteiger charge is 2.20. The van der Waals surface area contributed by atoms with Crippen LogP contribution in [0.25, 0.3) is 0 Å². The Labute approximate surface area is 241 Å². The van der Waals surface area contributed by atoms with E-state index in [4.69, 9.17) is 9.47 Å². The summed E-state index contributed by atoms with van der Waals surface area (Å²) in [6, 6.07) is 15.0. The first-order valence-corrected chi connectivity index (χ1v) is 14.7. The van der Waals surface area contributed by atoms with Gasteiger partial charge in [-0.2, -0.15) is 0 Å². The van der Waals surface area contributed by atoms with Gasteiger partial charge < -0.3 is 20.1 Å². The van der Waals surface area contributed by atoms with Crippen LogP contribution in [0.4, 0.5) is 10.3 Å². The van der Waals surface area contributed by atoms with Crippen LogP contribution in [-0.4, -0.2) is 46.4 Å². The first-order chi connectivity index (χ1) is 19.6. The number of benzene rings is 2. The summed E-state index contributed by atoms with van der Waals surface area (Å²) in [4.78, 5) is 23.9. The molecule has 210 valence electrons. The molecule has 1 aliphatic carbocycles. The Hall–Kier alpha value is -3.90. The number of nitrogens with one attached hydrogen (secondary N) is 2. The van der Waals surface area contributed by atoms with Gasteiger partial charge in [0.25, 0.3) is 0 Å². The lowest BCUT2D eigenvalue weighted by Gasteiger charge is -2.18. The van der Waals surface area contributed by atoms with E-state index < -0.39 is 0 Å². The highest BCUT2D eigenvalue weighted by Crippen LogP contribution is 2.35. The summed E-state index contributed by atoms with van der Waals surface area (Å²) in [5.41, 5.74) is 3.28. The third-order valence-electron chi connectivity index (χ3n) is 6.33. The standard InChI is InChI=1S/C17H21N3O2S.C11H11N3O2S/c1-22-14-10-6-5-9-13(14)11-15(21)18-17-20-19-16(23-17)12-7-3-2-4-8-12;1-16-9-5-3-2-4-8(9)6-10(15)13-11-14-12-7-17-11/h5-6,9-10,12H,2-4,7-8,11H2,1H3,(H,18,20,21);2-5,7H,6H2,1H3,(H,13,14,15). The fraction of sp³-hybridized carbons (Fsp3) is 0.357. The second-order valence-electron chi connectivity index (χ2n) is 9.10. The number of carbonyl (C=O) groups is 2. The van der Waals surface area contributed by atoms with E-state index >= 15 is 0 Å². The van der Waals surface area contributed by atoms with Gasteiger partial charge in [-0.3, -0.25) is 9.59 Å². The van der Waals surface area contributed by atoms with E-state index in [1.165, 1.54) is 54.8 Å². The number of carbonyl (C=O) groups excluding carboxylic acids is 2. The summed E-state index contributed by atoms with van der Waals surface area (Å²) >= 11 is 2.79. The molecule has 2 amide bonds. The van der Waals surface area contributed by atoms with E-state index in [1.54, 1.807) is 19.7 Å². The third kappa shape index (κ3) is 8.55. The Bertz CT molecular complexity index is 1370. The molecule has 0 saturated heterocycles. The molecule has 0 unspecified atom stereocenters. The van der Waals surface area contributed by atoms with Crippen LogP contribution >= 0.6 is 22.7 Å². The van der Waals surface area contributed by atoms with Crippen molar-refractivity contribution in [3.8, 4) is 11.5 Å². The fourth-order valence-corrected chi connectivity index (χ4v) is 5.79. The molecule has 12 heteroatoms. The normalized spacial score (nSPS) is 13.1. The van der Waals surface area contributed by atoms with Crippen molar-refractivity contribution in [2.45, 2.75) is 50.9 Å². The van der Waals surface area contributed by atoms with Gasteiger partial charge >= 0.3 is 0 Å². The van der Waals surface area contributed by atoms with Crippen LogP contribution in [0.3, 0.4) is 0 Å². The Morgan fingerprint density at radius 3 is 1.93 bits per heavy atom. The van der Waals surface area contributed by atoms with Crippen molar-refractivity contribution in [2.75, 3.05) is 24.9 Å². The van der Waals surface area contributed by atoms with Gasteiger partial charge in [-0.1, -0.05) is 78.3 Å². The smallest absolute Gasteiger partial charge is 0.230 e. The Morgan fingerprint density at radius 2 is 1.38 bits per heavy atom. The lowest BCUT2D eigenvalue weighted by Crippen LogP contribution is -2.14. The molecule has 1 saturated carbocycles. The molecule has 1 fully saturated rings.